The monoisotopic (exact) mass is 353 g/mol. The van der Waals surface area contributed by atoms with Gasteiger partial charge in [0.2, 0.25) is 0 Å². The van der Waals surface area contributed by atoms with Gasteiger partial charge in [-0.25, -0.2) is 4.99 Å². The van der Waals surface area contributed by atoms with E-state index in [1.165, 1.54) is 34.9 Å². The van der Waals surface area contributed by atoms with E-state index in [0.717, 1.165) is 12.5 Å². The Morgan fingerprint density at radius 2 is 2.15 bits per heavy atom. The van der Waals surface area contributed by atoms with Crippen LogP contribution in [0.1, 0.15) is 24.8 Å². The summed E-state index contributed by atoms with van der Waals surface area (Å²) < 4.78 is 1.31. The Morgan fingerprint density at radius 3 is 2.90 bits per heavy atom. The molecule has 3 rings (SSSR count). The third kappa shape index (κ3) is 3.52. The number of hydrogen-bond acceptors (Lipinski definition) is 2. The topological polar surface area (TPSA) is 50.4 Å². The molecule has 1 aromatic carbocycles. The van der Waals surface area contributed by atoms with Gasteiger partial charge in [-0.1, -0.05) is 24.6 Å². The fraction of sp³-hybridized carbons (Fsp3) is 0.400. The predicted molar refractivity (Wildman–Crippen MR) is 92.8 cm³/mol. The van der Waals surface area contributed by atoms with Crippen molar-refractivity contribution in [1.82, 2.24) is 5.32 Å². The third-order valence-corrected chi connectivity index (χ3v) is 4.79. The van der Waals surface area contributed by atoms with Gasteiger partial charge >= 0.3 is 0 Å². The number of fused-ring (bicyclic) bond motifs is 1. The van der Waals surface area contributed by atoms with Crippen LogP contribution < -0.4 is 11.1 Å². The number of thiophene rings is 1. The zero-order chi connectivity index (χ0) is 13.1. The van der Waals surface area contributed by atoms with E-state index in [1.807, 2.05) is 0 Å². The van der Waals surface area contributed by atoms with Gasteiger partial charge in [-0.3, -0.25) is 0 Å². The second-order valence-corrected chi connectivity index (χ2v) is 6.05. The average molecular weight is 354 g/mol. The molecule has 0 aliphatic heterocycles. The fourth-order valence-corrected chi connectivity index (χ4v) is 3.28. The first kappa shape index (κ1) is 15.3. The van der Waals surface area contributed by atoms with Crippen LogP contribution in [0.3, 0.4) is 0 Å². The van der Waals surface area contributed by atoms with Crippen molar-refractivity contribution >= 4 is 44.4 Å². The van der Waals surface area contributed by atoms with Crippen molar-refractivity contribution in [3.8, 4) is 0 Å². The standard InChI is InChI=1S/C15H19N3S.BrH/c16-15(17-8-11-4-3-5-11)18-9-12-10-19-14-7-2-1-6-13(12)14;/h1-2,6-7,10-11H,3-5,8-9H2,(H3,16,17,18);1H. The first-order valence-electron chi connectivity index (χ1n) is 6.82. The van der Waals surface area contributed by atoms with Gasteiger partial charge in [0, 0.05) is 11.2 Å². The first-order valence-corrected chi connectivity index (χ1v) is 7.70. The van der Waals surface area contributed by atoms with Gasteiger partial charge in [0.25, 0.3) is 0 Å². The van der Waals surface area contributed by atoms with Crippen LogP contribution in [0.5, 0.6) is 0 Å². The maximum atomic E-state index is 5.90. The molecule has 0 atom stereocenters. The minimum Gasteiger partial charge on any atom is -0.370 e. The zero-order valence-corrected chi connectivity index (χ0v) is 13.9. The summed E-state index contributed by atoms with van der Waals surface area (Å²) in [5.41, 5.74) is 7.16. The third-order valence-electron chi connectivity index (χ3n) is 3.78. The number of nitrogens with one attached hydrogen (secondary N) is 1. The van der Waals surface area contributed by atoms with Crippen molar-refractivity contribution in [3.63, 3.8) is 0 Å². The van der Waals surface area contributed by atoms with Crippen LogP contribution in [0.2, 0.25) is 0 Å². The van der Waals surface area contributed by atoms with Gasteiger partial charge < -0.3 is 11.1 Å². The lowest BCUT2D eigenvalue weighted by atomic mass is 9.85. The Balaban J connectivity index is 0.00000147. The lowest BCUT2D eigenvalue weighted by Crippen LogP contribution is -2.37. The number of benzene rings is 1. The molecule has 108 valence electrons. The van der Waals surface area contributed by atoms with Crippen LogP contribution in [0.25, 0.3) is 10.1 Å². The summed E-state index contributed by atoms with van der Waals surface area (Å²) in [6, 6.07) is 8.43. The molecule has 0 bridgehead atoms. The van der Waals surface area contributed by atoms with E-state index in [4.69, 9.17) is 5.73 Å². The molecule has 0 saturated heterocycles. The Hall–Kier alpha value is -1.07. The Morgan fingerprint density at radius 1 is 1.35 bits per heavy atom. The molecular weight excluding hydrogens is 334 g/mol. The Kier molecular flexibility index (Phi) is 5.43. The molecular formula is C15H20BrN3S. The van der Waals surface area contributed by atoms with Crippen molar-refractivity contribution in [3.05, 3.63) is 35.2 Å². The molecule has 5 heteroatoms. The van der Waals surface area contributed by atoms with Gasteiger partial charge in [-0.15, -0.1) is 28.3 Å². The number of rotatable bonds is 4. The highest BCUT2D eigenvalue weighted by Crippen LogP contribution is 2.26. The van der Waals surface area contributed by atoms with Gasteiger partial charge in [-0.05, 0) is 41.2 Å². The molecule has 0 amide bonds. The minimum absolute atomic E-state index is 0. The second-order valence-electron chi connectivity index (χ2n) is 5.14. The highest BCUT2D eigenvalue weighted by atomic mass is 79.9. The maximum Gasteiger partial charge on any atom is 0.188 e. The largest absolute Gasteiger partial charge is 0.370 e. The van der Waals surface area contributed by atoms with Crippen LogP contribution in [-0.2, 0) is 6.54 Å². The second kappa shape index (κ2) is 7.09. The van der Waals surface area contributed by atoms with E-state index in [-0.39, 0.29) is 17.0 Å². The number of aliphatic imine (C=N–C) groups is 1. The smallest absolute Gasteiger partial charge is 0.188 e. The van der Waals surface area contributed by atoms with E-state index in [9.17, 15) is 0 Å². The molecule has 20 heavy (non-hydrogen) atoms. The SMILES string of the molecule is Br.NC(=NCc1csc2ccccc12)NCC1CCC1. The van der Waals surface area contributed by atoms with Gasteiger partial charge in [0.15, 0.2) is 5.96 Å². The maximum absolute atomic E-state index is 5.90. The predicted octanol–water partition coefficient (Wildman–Crippen LogP) is 3.68. The summed E-state index contributed by atoms with van der Waals surface area (Å²) in [6.07, 6.45) is 4.02. The summed E-state index contributed by atoms with van der Waals surface area (Å²) >= 11 is 1.77. The summed E-state index contributed by atoms with van der Waals surface area (Å²) in [5, 5.41) is 6.69. The van der Waals surface area contributed by atoms with Gasteiger partial charge in [0.1, 0.15) is 0 Å². The molecule has 1 aromatic heterocycles. The lowest BCUT2D eigenvalue weighted by molar-refractivity contribution is 0.315. The summed E-state index contributed by atoms with van der Waals surface area (Å²) in [4.78, 5) is 4.44. The summed E-state index contributed by atoms with van der Waals surface area (Å²) in [6.45, 7) is 1.63. The molecule has 3 nitrogen and oxygen atoms in total. The Labute approximate surface area is 134 Å². The quantitative estimate of drug-likeness (QED) is 0.650. The first-order chi connectivity index (χ1) is 9.33. The van der Waals surface area contributed by atoms with Crippen molar-refractivity contribution in [2.45, 2.75) is 25.8 Å². The van der Waals surface area contributed by atoms with Crippen molar-refractivity contribution in [2.75, 3.05) is 6.54 Å². The molecule has 3 N–H and O–H groups in total. The summed E-state index contributed by atoms with van der Waals surface area (Å²) in [7, 11) is 0. The lowest BCUT2D eigenvalue weighted by Gasteiger charge is -2.25. The number of halogens is 1. The van der Waals surface area contributed by atoms with E-state index < -0.39 is 0 Å². The van der Waals surface area contributed by atoms with Gasteiger partial charge in [0.05, 0.1) is 6.54 Å². The van der Waals surface area contributed by atoms with Crippen LogP contribution in [-0.4, -0.2) is 12.5 Å². The van der Waals surface area contributed by atoms with Crippen molar-refractivity contribution < 1.29 is 0 Å². The molecule has 1 fully saturated rings. The van der Waals surface area contributed by atoms with E-state index >= 15 is 0 Å². The highest BCUT2D eigenvalue weighted by molar-refractivity contribution is 8.93. The number of hydrogen-bond donors (Lipinski definition) is 2. The molecule has 1 heterocycles. The van der Waals surface area contributed by atoms with Crippen molar-refractivity contribution in [1.29, 1.82) is 0 Å². The highest BCUT2D eigenvalue weighted by Gasteiger charge is 2.16. The van der Waals surface area contributed by atoms with Gasteiger partial charge in [-0.2, -0.15) is 0 Å². The van der Waals surface area contributed by atoms with Crippen LogP contribution in [0.4, 0.5) is 0 Å². The Bertz CT molecular complexity index is 590. The average Bonchev–Trinajstić information content (AvgIpc) is 2.78. The van der Waals surface area contributed by atoms with E-state index in [0.29, 0.717) is 12.5 Å². The number of guanidine groups is 1. The van der Waals surface area contributed by atoms with Crippen LogP contribution in [0.15, 0.2) is 34.6 Å². The number of nitrogens with two attached hydrogens (primary N) is 1. The summed E-state index contributed by atoms with van der Waals surface area (Å²) in [5.74, 6) is 1.37. The van der Waals surface area contributed by atoms with Crippen LogP contribution in [0, 0.1) is 5.92 Å². The van der Waals surface area contributed by atoms with E-state index in [2.05, 4.69) is 40.0 Å². The number of nitrogens with zero attached hydrogens (tertiary/aromatic N) is 1. The normalized spacial score (nSPS) is 15.7. The zero-order valence-electron chi connectivity index (χ0n) is 11.3. The molecule has 0 spiro atoms. The molecule has 1 aliphatic carbocycles. The van der Waals surface area contributed by atoms with Crippen molar-refractivity contribution in [2.24, 2.45) is 16.6 Å². The molecule has 1 aliphatic rings. The molecule has 0 radical (unpaired) electrons. The molecule has 0 unspecified atom stereocenters. The minimum atomic E-state index is 0. The van der Waals surface area contributed by atoms with E-state index in [1.54, 1.807) is 11.3 Å². The molecule has 1 saturated carbocycles. The van der Waals surface area contributed by atoms with Crippen LogP contribution >= 0.6 is 28.3 Å². The molecule has 2 aromatic rings. The fourth-order valence-electron chi connectivity index (χ4n) is 2.33.